The number of ether oxygens (including phenoxy) is 2. The molecule has 0 aliphatic carbocycles. The molecule has 94 valence electrons. The van der Waals surface area contributed by atoms with Crippen LogP contribution in [0.2, 0.25) is 0 Å². The molecule has 1 aliphatic heterocycles. The normalized spacial score (nSPS) is 14.1. The Labute approximate surface area is 108 Å². The van der Waals surface area contributed by atoms with E-state index < -0.39 is 0 Å². The molecule has 17 heavy (non-hydrogen) atoms. The number of benzene rings is 1. The lowest BCUT2D eigenvalue weighted by Crippen LogP contribution is -2.23. The molecule has 0 bridgehead atoms. The van der Waals surface area contributed by atoms with Gasteiger partial charge in [-0.25, -0.2) is 0 Å². The van der Waals surface area contributed by atoms with Crippen LogP contribution >= 0.6 is 12.6 Å². The van der Waals surface area contributed by atoms with Crippen LogP contribution in [0.25, 0.3) is 0 Å². The Kier molecular flexibility index (Phi) is 4.57. The summed E-state index contributed by atoms with van der Waals surface area (Å²) < 4.78 is 11.1. The standard InChI is InChI=1S/C13H19NO2S/c1-14(6-9-17)5-4-11-2-3-12-13(10-11)16-8-7-15-12/h2-3,10,17H,4-9H2,1H3. The Morgan fingerprint density at radius 2 is 1.94 bits per heavy atom. The molecule has 2 rings (SSSR count). The van der Waals surface area contributed by atoms with Crippen molar-refractivity contribution in [3.05, 3.63) is 23.8 Å². The lowest BCUT2D eigenvalue weighted by molar-refractivity contribution is 0.171. The predicted molar refractivity (Wildman–Crippen MR) is 72.5 cm³/mol. The van der Waals surface area contributed by atoms with Crippen LogP contribution in [-0.4, -0.2) is 44.0 Å². The number of likely N-dealkylation sites (N-methyl/N-ethyl adjacent to an activating group) is 1. The molecule has 1 aromatic carbocycles. The highest BCUT2D eigenvalue weighted by Gasteiger charge is 2.11. The summed E-state index contributed by atoms with van der Waals surface area (Å²) in [6, 6.07) is 6.20. The number of hydrogen-bond acceptors (Lipinski definition) is 4. The van der Waals surface area contributed by atoms with Crippen LogP contribution in [-0.2, 0) is 6.42 Å². The van der Waals surface area contributed by atoms with Gasteiger partial charge < -0.3 is 14.4 Å². The van der Waals surface area contributed by atoms with Crippen molar-refractivity contribution in [1.29, 1.82) is 0 Å². The quantitative estimate of drug-likeness (QED) is 0.810. The zero-order valence-electron chi connectivity index (χ0n) is 10.2. The highest BCUT2D eigenvalue weighted by Crippen LogP contribution is 2.30. The third kappa shape index (κ3) is 3.54. The molecule has 0 radical (unpaired) electrons. The van der Waals surface area contributed by atoms with E-state index in [9.17, 15) is 0 Å². The summed E-state index contributed by atoms with van der Waals surface area (Å²) in [6.07, 6.45) is 1.03. The van der Waals surface area contributed by atoms with Gasteiger partial charge in [-0.3, -0.25) is 0 Å². The zero-order chi connectivity index (χ0) is 12.1. The van der Waals surface area contributed by atoms with Gasteiger partial charge in [0.1, 0.15) is 13.2 Å². The van der Waals surface area contributed by atoms with E-state index in [2.05, 4.69) is 36.7 Å². The Morgan fingerprint density at radius 3 is 2.71 bits per heavy atom. The summed E-state index contributed by atoms with van der Waals surface area (Å²) >= 11 is 4.23. The average Bonchev–Trinajstić information content (AvgIpc) is 2.36. The molecule has 3 nitrogen and oxygen atoms in total. The van der Waals surface area contributed by atoms with Crippen molar-refractivity contribution < 1.29 is 9.47 Å². The summed E-state index contributed by atoms with van der Waals surface area (Å²) in [7, 11) is 2.12. The minimum absolute atomic E-state index is 0.649. The minimum Gasteiger partial charge on any atom is -0.486 e. The number of fused-ring (bicyclic) bond motifs is 1. The second-order valence-corrected chi connectivity index (χ2v) is 4.70. The predicted octanol–water partition coefficient (Wildman–Crippen LogP) is 1.86. The summed E-state index contributed by atoms with van der Waals surface area (Å²) in [4.78, 5) is 2.28. The van der Waals surface area contributed by atoms with E-state index in [1.807, 2.05) is 6.07 Å². The molecular formula is C13H19NO2S. The van der Waals surface area contributed by atoms with Crippen LogP contribution in [0.1, 0.15) is 5.56 Å². The van der Waals surface area contributed by atoms with Crippen LogP contribution in [0, 0.1) is 0 Å². The third-order valence-corrected chi connectivity index (χ3v) is 3.07. The minimum atomic E-state index is 0.649. The van der Waals surface area contributed by atoms with Gasteiger partial charge in [0.2, 0.25) is 0 Å². The monoisotopic (exact) mass is 253 g/mol. The maximum Gasteiger partial charge on any atom is 0.161 e. The molecule has 0 saturated carbocycles. The Balaban J connectivity index is 1.93. The van der Waals surface area contributed by atoms with Crippen LogP contribution < -0.4 is 9.47 Å². The van der Waals surface area contributed by atoms with Gasteiger partial charge in [-0.05, 0) is 31.2 Å². The van der Waals surface area contributed by atoms with E-state index >= 15 is 0 Å². The van der Waals surface area contributed by atoms with Gasteiger partial charge in [0.25, 0.3) is 0 Å². The number of thiol groups is 1. The highest BCUT2D eigenvalue weighted by atomic mass is 32.1. The lowest BCUT2D eigenvalue weighted by Gasteiger charge is -2.19. The van der Waals surface area contributed by atoms with Gasteiger partial charge in [-0.1, -0.05) is 6.07 Å². The van der Waals surface area contributed by atoms with Gasteiger partial charge in [0.15, 0.2) is 11.5 Å². The number of nitrogens with zero attached hydrogens (tertiary/aromatic N) is 1. The van der Waals surface area contributed by atoms with E-state index in [1.54, 1.807) is 0 Å². The molecule has 0 fully saturated rings. The van der Waals surface area contributed by atoms with Crippen LogP contribution in [0.3, 0.4) is 0 Å². The molecule has 0 atom stereocenters. The second kappa shape index (κ2) is 6.17. The fourth-order valence-corrected chi connectivity index (χ4v) is 2.19. The smallest absolute Gasteiger partial charge is 0.161 e. The first-order valence-electron chi connectivity index (χ1n) is 5.97. The van der Waals surface area contributed by atoms with Crippen molar-refractivity contribution in [2.24, 2.45) is 0 Å². The first-order chi connectivity index (χ1) is 8.29. The molecular weight excluding hydrogens is 234 g/mol. The van der Waals surface area contributed by atoms with Crippen molar-refractivity contribution in [3.8, 4) is 11.5 Å². The topological polar surface area (TPSA) is 21.7 Å². The van der Waals surface area contributed by atoms with Crippen LogP contribution in [0.5, 0.6) is 11.5 Å². The summed E-state index contributed by atoms with van der Waals surface area (Å²) in [6.45, 7) is 3.36. The Hall–Kier alpha value is -0.870. The fourth-order valence-electron chi connectivity index (χ4n) is 1.85. The molecule has 0 saturated heterocycles. The van der Waals surface area contributed by atoms with Gasteiger partial charge >= 0.3 is 0 Å². The number of hydrogen-bond donors (Lipinski definition) is 1. The molecule has 1 aromatic rings. The van der Waals surface area contributed by atoms with E-state index in [0.717, 1.165) is 36.8 Å². The van der Waals surface area contributed by atoms with Crippen molar-refractivity contribution >= 4 is 12.6 Å². The Bertz CT molecular complexity index is 370. The molecule has 4 heteroatoms. The SMILES string of the molecule is CN(CCS)CCc1ccc2c(c1)OCCO2. The maximum absolute atomic E-state index is 5.57. The van der Waals surface area contributed by atoms with Gasteiger partial charge in [0, 0.05) is 18.8 Å². The van der Waals surface area contributed by atoms with Gasteiger partial charge in [-0.2, -0.15) is 12.6 Å². The molecule has 1 aliphatic rings. The molecule has 0 N–H and O–H groups in total. The van der Waals surface area contributed by atoms with Gasteiger partial charge in [-0.15, -0.1) is 0 Å². The van der Waals surface area contributed by atoms with Crippen molar-refractivity contribution in [1.82, 2.24) is 4.90 Å². The average molecular weight is 253 g/mol. The third-order valence-electron chi connectivity index (χ3n) is 2.87. The van der Waals surface area contributed by atoms with Crippen LogP contribution in [0.4, 0.5) is 0 Å². The van der Waals surface area contributed by atoms with Crippen molar-refractivity contribution in [2.75, 3.05) is 39.1 Å². The maximum atomic E-state index is 5.57. The first kappa shape index (κ1) is 12.6. The van der Waals surface area contributed by atoms with E-state index in [-0.39, 0.29) is 0 Å². The Morgan fingerprint density at radius 1 is 1.18 bits per heavy atom. The van der Waals surface area contributed by atoms with Crippen molar-refractivity contribution in [3.63, 3.8) is 0 Å². The lowest BCUT2D eigenvalue weighted by atomic mass is 10.1. The first-order valence-corrected chi connectivity index (χ1v) is 6.61. The molecule has 0 aromatic heterocycles. The highest BCUT2D eigenvalue weighted by molar-refractivity contribution is 7.80. The van der Waals surface area contributed by atoms with E-state index in [4.69, 9.17) is 9.47 Å². The second-order valence-electron chi connectivity index (χ2n) is 4.25. The zero-order valence-corrected chi connectivity index (χ0v) is 11.1. The molecule has 0 unspecified atom stereocenters. The molecule has 0 amide bonds. The fraction of sp³-hybridized carbons (Fsp3) is 0.538. The number of rotatable bonds is 5. The van der Waals surface area contributed by atoms with Crippen molar-refractivity contribution in [2.45, 2.75) is 6.42 Å². The summed E-state index contributed by atoms with van der Waals surface area (Å²) in [5.41, 5.74) is 1.29. The van der Waals surface area contributed by atoms with E-state index in [1.165, 1.54) is 5.56 Å². The molecule has 1 heterocycles. The molecule has 0 spiro atoms. The van der Waals surface area contributed by atoms with E-state index in [0.29, 0.717) is 13.2 Å². The summed E-state index contributed by atoms with van der Waals surface area (Å²) in [5, 5.41) is 0. The largest absolute Gasteiger partial charge is 0.486 e. The summed E-state index contributed by atoms with van der Waals surface area (Å²) in [5.74, 6) is 2.65. The van der Waals surface area contributed by atoms with Gasteiger partial charge in [0.05, 0.1) is 0 Å². The van der Waals surface area contributed by atoms with Crippen LogP contribution in [0.15, 0.2) is 18.2 Å².